The fourth-order valence-corrected chi connectivity index (χ4v) is 6.68. The molecule has 1 aliphatic rings. The number of likely N-dealkylation sites (tertiary alicyclic amines) is 1. The third-order valence-electron chi connectivity index (χ3n) is 7.05. The maximum absolute atomic E-state index is 13.6. The summed E-state index contributed by atoms with van der Waals surface area (Å²) in [4.78, 5) is 3.66. The molecule has 1 fully saturated rings. The second-order valence-electron chi connectivity index (χ2n) is 9.81. The van der Waals surface area contributed by atoms with Gasteiger partial charge in [0.05, 0.1) is 29.4 Å². The molecule has 0 radical (unpaired) electrons. The average molecular weight is 653 g/mol. The van der Waals surface area contributed by atoms with Crippen molar-refractivity contribution in [1.82, 2.24) is 30.6 Å². The van der Waals surface area contributed by atoms with Crippen molar-refractivity contribution >= 4 is 22.2 Å². The zero-order valence-electron chi connectivity index (χ0n) is 23.4. The average Bonchev–Trinajstić information content (AvgIpc) is 3.44. The predicted octanol–water partition coefficient (Wildman–Crippen LogP) is 3.61. The number of hydrogen-bond donors (Lipinski definition) is 2. The van der Waals surface area contributed by atoms with Gasteiger partial charge in [-0.15, -0.1) is 35.8 Å². The number of tetrazole rings is 1. The van der Waals surface area contributed by atoms with Gasteiger partial charge in [0, 0.05) is 33.6 Å². The molecule has 0 atom stereocenters. The smallest absolute Gasteiger partial charge is 0.494 e. The van der Waals surface area contributed by atoms with Crippen molar-refractivity contribution in [3.63, 3.8) is 0 Å². The first-order valence-corrected chi connectivity index (χ1v) is 14.7. The Bertz CT molecular complexity index is 1390. The number of methoxy groups -OCH3 is 1. The molecule has 0 spiro atoms. The predicted molar refractivity (Wildman–Crippen MR) is 153 cm³/mol. The van der Waals surface area contributed by atoms with E-state index in [0.717, 1.165) is 6.54 Å². The van der Waals surface area contributed by atoms with Gasteiger partial charge in [-0.25, -0.2) is 13.9 Å². The number of hydroxylamine groups is 1. The zero-order chi connectivity index (χ0) is 30.2. The fourth-order valence-electron chi connectivity index (χ4n) is 4.71. The minimum atomic E-state index is -4.77. The van der Waals surface area contributed by atoms with Crippen molar-refractivity contribution < 1.29 is 42.4 Å². The molecule has 0 amide bonds. The molecule has 1 saturated heterocycles. The molecule has 3 aromatic rings. The molecule has 2 aromatic carbocycles. The summed E-state index contributed by atoms with van der Waals surface area (Å²) < 4.78 is 77.8. The number of nitrogens with zero attached hydrogens (tertiary/aromatic N) is 5. The minimum Gasteiger partial charge on any atom is -0.494 e. The summed E-state index contributed by atoms with van der Waals surface area (Å²) in [6, 6.07) is 11.4. The molecule has 1 aromatic heterocycles. The summed E-state index contributed by atoms with van der Waals surface area (Å²) >= 11 is 0. The number of sulfone groups is 1. The first-order chi connectivity index (χ1) is 20.0. The van der Waals surface area contributed by atoms with E-state index in [0.29, 0.717) is 63.4 Å². The number of benzene rings is 2. The maximum atomic E-state index is 13.6. The molecule has 2 N–H and O–H groups in total. The Balaban J connectivity index is 0.00000337. The Kier molecular flexibility index (Phi) is 12.1. The lowest BCUT2D eigenvalue weighted by atomic mass is 9.96. The number of halogens is 4. The summed E-state index contributed by atoms with van der Waals surface area (Å²) in [5, 5.41) is 21.5. The number of hydrogen-bond acceptors (Lipinski definition) is 11. The number of nitrogens with one attached hydrogen (secondary N) is 1. The Labute approximate surface area is 254 Å². The van der Waals surface area contributed by atoms with Gasteiger partial charge < -0.3 is 24.3 Å². The van der Waals surface area contributed by atoms with E-state index in [1.54, 1.807) is 19.2 Å². The van der Waals surface area contributed by atoms with Crippen LogP contribution in [0.2, 0.25) is 0 Å². The van der Waals surface area contributed by atoms with Crippen LogP contribution in [0.5, 0.6) is 11.5 Å². The summed E-state index contributed by atoms with van der Waals surface area (Å²) in [6.45, 7) is 3.04. The van der Waals surface area contributed by atoms with E-state index >= 15 is 0 Å². The third kappa shape index (κ3) is 9.00. The molecule has 0 bridgehead atoms. The highest BCUT2D eigenvalue weighted by Crippen LogP contribution is 2.36. The van der Waals surface area contributed by atoms with E-state index in [4.69, 9.17) is 9.47 Å². The van der Waals surface area contributed by atoms with Crippen molar-refractivity contribution in [2.24, 2.45) is 0 Å². The first-order valence-electron chi connectivity index (χ1n) is 13.2. The molecule has 0 aliphatic carbocycles. The molecule has 2 heterocycles. The molecule has 0 saturated carbocycles. The van der Waals surface area contributed by atoms with Gasteiger partial charge in [0.15, 0.2) is 9.84 Å². The van der Waals surface area contributed by atoms with E-state index < -0.39 is 20.9 Å². The fraction of sp³-hybridized carbons (Fsp3) is 0.500. The van der Waals surface area contributed by atoms with E-state index in [9.17, 15) is 26.8 Å². The highest BCUT2D eigenvalue weighted by Gasteiger charge is 2.46. The molecular formula is C26H36ClF3N6O6S. The van der Waals surface area contributed by atoms with Gasteiger partial charge in [-0.05, 0) is 79.7 Å². The summed E-state index contributed by atoms with van der Waals surface area (Å²) in [5.74, 6) is 0.398. The monoisotopic (exact) mass is 652 g/mol. The van der Waals surface area contributed by atoms with Gasteiger partial charge >= 0.3 is 6.36 Å². The van der Waals surface area contributed by atoms with Crippen LogP contribution in [0.1, 0.15) is 20.7 Å². The molecule has 17 heteroatoms. The maximum Gasteiger partial charge on any atom is 0.573 e. The van der Waals surface area contributed by atoms with Crippen molar-refractivity contribution in [3.8, 4) is 22.9 Å². The van der Waals surface area contributed by atoms with Crippen LogP contribution in [0.3, 0.4) is 0 Å². The third-order valence-corrected chi connectivity index (χ3v) is 9.64. The van der Waals surface area contributed by atoms with E-state index in [1.165, 1.54) is 41.2 Å². The van der Waals surface area contributed by atoms with Crippen molar-refractivity contribution in [2.45, 2.75) is 41.8 Å². The first kappa shape index (κ1) is 34.5. The summed E-state index contributed by atoms with van der Waals surface area (Å²) in [5.41, 5.74) is 2.57. The van der Waals surface area contributed by atoms with E-state index in [2.05, 4.69) is 30.5 Å². The van der Waals surface area contributed by atoms with Crippen molar-refractivity contribution in [3.05, 3.63) is 48.5 Å². The van der Waals surface area contributed by atoms with Crippen molar-refractivity contribution in [2.75, 3.05) is 46.5 Å². The van der Waals surface area contributed by atoms with Crippen LogP contribution in [0, 0.1) is 0 Å². The Hall–Kier alpha value is -3.02. The number of ether oxygens (including phenoxy) is 3. The lowest BCUT2D eigenvalue weighted by Gasteiger charge is -2.40. The number of aryl methyl sites for hydroxylation is 1. The van der Waals surface area contributed by atoms with Crippen LogP contribution >= 0.6 is 12.4 Å². The van der Waals surface area contributed by atoms with Gasteiger partial charge in [-0.2, -0.15) is 4.80 Å². The van der Waals surface area contributed by atoms with Crippen molar-refractivity contribution in [1.29, 1.82) is 0 Å². The van der Waals surface area contributed by atoms with Crippen LogP contribution in [0.25, 0.3) is 11.4 Å². The van der Waals surface area contributed by atoms with Gasteiger partial charge in [0.2, 0.25) is 5.82 Å². The quantitative estimate of drug-likeness (QED) is 0.195. The van der Waals surface area contributed by atoms with Gasteiger partial charge in [0.25, 0.3) is 0 Å². The number of piperidine rings is 1. The number of aromatic nitrogens is 4. The highest BCUT2D eigenvalue weighted by atomic mass is 35.5. The summed E-state index contributed by atoms with van der Waals surface area (Å²) in [7, 11) is -2.13. The Morgan fingerprint density at radius 1 is 1.02 bits per heavy atom. The topological polar surface area (TPSA) is 141 Å². The van der Waals surface area contributed by atoms with E-state index in [1.807, 2.05) is 0 Å². The van der Waals surface area contributed by atoms with Crippen LogP contribution in [-0.2, 0) is 21.1 Å². The lowest BCUT2D eigenvalue weighted by Crippen LogP contribution is -2.54. The largest absolute Gasteiger partial charge is 0.573 e. The normalized spacial score (nSPS) is 15.6. The Morgan fingerprint density at radius 3 is 2.28 bits per heavy atom. The number of rotatable bonds is 14. The van der Waals surface area contributed by atoms with Crippen LogP contribution < -0.4 is 15.0 Å². The molecule has 0 unspecified atom stereocenters. The molecule has 12 nitrogen and oxygen atoms in total. The summed E-state index contributed by atoms with van der Waals surface area (Å²) in [6.07, 6.45) is -3.51. The van der Waals surface area contributed by atoms with E-state index in [-0.39, 0.29) is 36.8 Å². The molecule has 1 aliphatic heterocycles. The van der Waals surface area contributed by atoms with Gasteiger partial charge in [-0.3, -0.25) is 0 Å². The SMILES string of the molecule is COCCN1CCC(CNO)(S(=O)(=O)c2ccc(OCCCn3nnc(-c4ccc(OC(F)(F)F)cc4)n3)cc2)CC1.Cl.[HH]. The molecular weight excluding hydrogens is 617 g/mol. The van der Waals surface area contributed by atoms with Crippen LogP contribution in [-0.4, -0.2) is 96.3 Å². The second kappa shape index (κ2) is 15.1. The Morgan fingerprint density at radius 2 is 1.67 bits per heavy atom. The van der Waals surface area contributed by atoms with Crippen LogP contribution in [0.4, 0.5) is 13.2 Å². The number of alkyl halides is 3. The van der Waals surface area contributed by atoms with Gasteiger partial charge in [-0.1, -0.05) is 0 Å². The lowest BCUT2D eigenvalue weighted by molar-refractivity contribution is -0.274. The molecule has 4 rings (SSSR count). The second-order valence-corrected chi connectivity index (χ2v) is 12.2. The molecule has 240 valence electrons. The standard InChI is InChI=1S/C26H33F3N6O6S.ClH.H2/c1-39-18-16-34-14-11-25(12-15-34,19-30-36)42(37,38)23-9-7-21(8-10-23)40-17-2-13-35-32-24(31-33-35)20-3-5-22(6-4-20)41-26(27,28)29;;/h3-10,30,36H,2,11-19H2,1H3;2*1H. The molecule has 43 heavy (non-hydrogen) atoms. The highest BCUT2D eigenvalue weighted by molar-refractivity contribution is 7.92. The minimum absolute atomic E-state index is 0. The zero-order valence-corrected chi connectivity index (χ0v) is 25.0. The van der Waals surface area contributed by atoms with Gasteiger partial charge in [0.1, 0.15) is 11.5 Å². The van der Waals surface area contributed by atoms with Crippen LogP contribution in [0.15, 0.2) is 53.4 Å².